The van der Waals surface area contributed by atoms with Crippen molar-refractivity contribution in [1.29, 1.82) is 0 Å². The third kappa shape index (κ3) is 5.14. The lowest BCUT2D eigenvalue weighted by Crippen LogP contribution is -2.33. The molecular formula is C13H21NO3S2. The molecule has 2 atom stereocenters. The van der Waals surface area contributed by atoms with Crippen LogP contribution in [0.5, 0.6) is 0 Å². The molecule has 0 bridgehead atoms. The van der Waals surface area contributed by atoms with Gasteiger partial charge in [0.25, 0.3) is 0 Å². The molecule has 0 fully saturated rings. The third-order valence-electron chi connectivity index (χ3n) is 2.76. The molecule has 4 nitrogen and oxygen atoms in total. The van der Waals surface area contributed by atoms with E-state index in [4.69, 9.17) is 0 Å². The lowest BCUT2D eigenvalue weighted by Gasteiger charge is -2.14. The number of benzene rings is 1. The Bertz CT molecular complexity index is 500. The number of sulfonamides is 1. The Morgan fingerprint density at radius 1 is 1.37 bits per heavy atom. The molecule has 1 aromatic rings. The van der Waals surface area contributed by atoms with Gasteiger partial charge in [-0.1, -0.05) is 12.1 Å². The molecule has 0 aliphatic carbocycles. The maximum absolute atomic E-state index is 12.2. The molecule has 0 radical (unpaired) electrons. The first-order valence-electron chi connectivity index (χ1n) is 6.16. The van der Waals surface area contributed by atoms with E-state index in [0.29, 0.717) is 5.56 Å². The van der Waals surface area contributed by atoms with E-state index in [9.17, 15) is 13.5 Å². The van der Waals surface area contributed by atoms with Crippen LogP contribution in [0.3, 0.4) is 0 Å². The smallest absolute Gasteiger partial charge is 0.240 e. The quantitative estimate of drug-likeness (QED) is 0.810. The minimum Gasteiger partial charge on any atom is -0.389 e. The first kappa shape index (κ1) is 16.5. The molecule has 1 aromatic carbocycles. The number of aliphatic hydroxyl groups is 1. The van der Waals surface area contributed by atoms with Gasteiger partial charge < -0.3 is 5.11 Å². The van der Waals surface area contributed by atoms with E-state index in [1.165, 1.54) is 12.1 Å². The maximum Gasteiger partial charge on any atom is 0.240 e. The van der Waals surface area contributed by atoms with Gasteiger partial charge in [-0.15, -0.1) is 0 Å². The number of nitrogens with one attached hydrogen (secondary N) is 1. The summed E-state index contributed by atoms with van der Waals surface area (Å²) in [6.45, 7) is 3.46. The molecule has 0 saturated heterocycles. The predicted octanol–water partition coefficient (Wildman–Crippen LogP) is 2.16. The van der Waals surface area contributed by atoms with Crippen LogP contribution in [0.15, 0.2) is 29.2 Å². The monoisotopic (exact) mass is 303 g/mol. The topological polar surface area (TPSA) is 66.4 Å². The molecule has 1 rings (SSSR count). The SMILES string of the molecule is CSCCC(C)NS(=O)(=O)c1cccc(C(C)O)c1. The van der Waals surface area contributed by atoms with Crippen molar-refractivity contribution in [2.45, 2.75) is 37.3 Å². The Hall–Kier alpha value is -0.560. The molecular weight excluding hydrogens is 282 g/mol. The number of aliphatic hydroxyl groups excluding tert-OH is 1. The Labute approximate surface area is 119 Å². The van der Waals surface area contributed by atoms with Crippen LogP contribution in [0.2, 0.25) is 0 Å². The van der Waals surface area contributed by atoms with E-state index in [1.807, 2.05) is 13.2 Å². The van der Waals surface area contributed by atoms with Crippen LogP contribution in [0.1, 0.15) is 31.9 Å². The van der Waals surface area contributed by atoms with Crippen molar-refractivity contribution in [3.05, 3.63) is 29.8 Å². The fourth-order valence-electron chi connectivity index (χ4n) is 1.63. The van der Waals surface area contributed by atoms with E-state index in [1.54, 1.807) is 30.8 Å². The molecule has 0 amide bonds. The van der Waals surface area contributed by atoms with Crippen LogP contribution in [-0.4, -0.2) is 31.6 Å². The fourth-order valence-corrected chi connectivity index (χ4v) is 3.55. The Kier molecular flexibility index (Phi) is 6.32. The van der Waals surface area contributed by atoms with Crippen molar-refractivity contribution in [2.24, 2.45) is 0 Å². The van der Waals surface area contributed by atoms with E-state index in [2.05, 4.69) is 4.72 Å². The zero-order chi connectivity index (χ0) is 14.5. The standard InChI is InChI=1S/C13H21NO3S2/c1-10(7-8-18-3)14-19(16,17)13-6-4-5-12(9-13)11(2)15/h4-6,9-11,14-15H,7-8H2,1-3H3. The summed E-state index contributed by atoms with van der Waals surface area (Å²) in [6.07, 6.45) is 2.10. The molecule has 2 unspecified atom stereocenters. The van der Waals surface area contributed by atoms with E-state index < -0.39 is 16.1 Å². The lowest BCUT2D eigenvalue weighted by molar-refractivity contribution is 0.199. The van der Waals surface area contributed by atoms with Gasteiger partial charge in [-0.05, 0) is 50.0 Å². The van der Waals surface area contributed by atoms with Crippen molar-refractivity contribution < 1.29 is 13.5 Å². The molecule has 19 heavy (non-hydrogen) atoms. The van der Waals surface area contributed by atoms with Gasteiger partial charge in [0.1, 0.15) is 0 Å². The zero-order valence-electron chi connectivity index (χ0n) is 11.5. The lowest BCUT2D eigenvalue weighted by atomic mass is 10.1. The van der Waals surface area contributed by atoms with Gasteiger partial charge in [-0.2, -0.15) is 11.8 Å². The molecule has 108 valence electrons. The second kappa shape index (κ2) is 7.28. The van der Waals surface area contributed by atoms with Crippen LogP contribution in [0.4, 0.5) is 0 Å². The van der Waals surface area contributed by atoms with Crippen molar-refractivity contribution in [3.8, 4) is 0 Å². The Morgan fingerprint density at radius 2 is 2.05 bits per heavy atom. The average molecular weight is 303 g/mol. The van der Waals surface area contributed by atoms with Crippen LogP contribution in [-0.2, 0) is 10.0 Å². The van der Waals surface area contributed by atoms with Gasteiger partial charge in [-0.3, -0.25) is 0 Å². The van der Waals surface area contributed by atoms with Gasteiger partial charge >= 0.3 is 0 Å². The molecule has 6 heteroatoms. The summed E-state index contributed by atoms with van der Waals surface area (Å²) in [7, 11) is -3.52. The minimum absolute atomic E-state index is 0.104. The Balaban J connectivity index is 2.85. The first-order chi connectivity index (χ1) is 8.86. The highest BCUT2D eigenvalue weighted by molar-refractivity contribution is 7.98. The van der Waals surface area contributed by atoms with Gasteiger partial charge in [-0.25, -0.2) is 13.1 Å². The summed E-state index contributed by atoms with van der Waals surface area (Å²) < 4.78 is 27.0. The molecule has 0 heterocycles. The highest BCUT2D eigenvalue weighted by Crippen LogP contribution is 2.17. The van der Waals surface area contributed by atoms with Crippen molar-refractivity contribution >= 4 is 21.8 Å². The van der Waals surface area contributed by atoms with Crippen LogP contribution in [0.25, 0.3) is 0 Å². The maximum atomic E-state index is 12.2. The van der Waals surface area contributed by atoms with Gasteiger partial charge in [0.05, 0.1) is 11.0 Å². The van der Waals surface area contributed by atoms with Crippen molar-refractivity contribution in [2.75, 3.05) is 12.0 Å². The molecule has 0 spiro atoms. The normalized spacial score (nSPS) is 15.2. The van der Waals surface area contributed by atoms with E-state index >= 15 is 0 Å². The van der Waals surface area contributed by atoms with Crippen molar-refractivity contribution in [3.63, 3.8) is 0 Å². The van der Waals surface area contributed by atoms with E-state index in [0.717, 1.165) is 12.2 Å². The first-order valence-corrected chi connectivity index (χ1v) is 9.04. The fraction of sp³-hybridized carbons (Fsp3) is 0.538. The Morgan fingerprint density at radius 3 is 2.63 bits per heavy atom. The highest BCUT2D eigenvalue weighted by atomic mass is 32.2. The predicted molar refractivity (Wildman–Crippen MR) is 79.9 cm³/mol. The summed E-state index contributed by atoms with van der Waals surface area (Å²) in [4.78, 5) is 0.196. The number of hydrogen-bond acceptors (Lipinski definition) is 4. The minimum atomic E-state index is -3.52. The largest absolute Gasteiger partial charge is 0.389 e. The highest BCUT2D eigenvalue weighted by Gasteiger charge is 2.18. The number of hydrogen-bond donors (Lipinski definition) is 2. The van der Waals surface area contributed by atoms with E-state index in [-0.39, 0.29) is 10.9 Å². The van der Waals surface area contributed by atoms with Crippen LogP contribution in [0, 0.1) is 0 Å². The molecule has 0 saturated carbocycles. The molecule has 0 aliphatic rings. The summed E-state index contributed by atoms with van der Waals surface area (Å²) >= 11 is 1.69. The summed E-state index contributed by atoms with van der Waals surface area (Å²) in [5.41, 5.74) is 0.597. The molecule has 2 N–H and O–H groups in total. The zero-order valence-corrected chi connectivity index (χ0v) is 13.1. The third-order valence-corrected chi connectivity index (χ3v) is 4.99. The average Bonchev–Trinajstić information content (AvgIpc) is 2.36. The van der Waals surface area contributed by atoms with Gasteiger partial charge in [0.2, 0.25) is 10.0 Å². The van der Waals surface area contributed by atoms with Gasteiger partial charge in [0.15, 0.2) is 0 Å². The summed E-state index contributed by atoms with van der Waals surface area (Å²) in [5.74, 6) is 0.914. The van der Waals surface area contributed by atoms with Crippen molar-refractivity contribution in [1.82, 2.24) is 4.72 Å². The second-order valence-corrected chi connectivity index (χ2v) is 7.25. The summed E-state index contributed by atoms with van der Waals surface area (Å²) in [6, 6.07) is 6.29. The van der Waals surface area contributed by atoms with Crippen LogP contribution < -0.4 is 4.72 Å². The van der Waals surface area contributed by atoms with Crippen LogP contribution >= 0.6 is 11.8 Å². The second-order valence-electron chi connectivity index (χ2n) is 4.55. The van der Waals surface area contributed by atoms with Gasteiger partial charge in [0, 0.05) is 6.04 Å². The number of thioether (sulfide) groups is 1. The number of rotatable bonds is 7. The molecule has 0 aromatic heterocycles. The molecule has 0 aliphatic heterocycles. The summed E-state index contributed by atoms with van der Waals surface area (Å²) in [5, 5.41) is 9.49.